The van der Waals surface area contributed by atoms with Crippen molar-refractivity contribution in [3.05, 3.63) is 60.2 Å². The lowest BCUT2D eigenvalue weighted by Crippen LogP contribution is -1.88. The normalized spacial score (nSPS) is 11.7. The second-order valence-corrected chi connectivity index (χ2v) is 9.74. The zero-order valence-electron chi connectivity index (χ0n) is 21.1. The van der Waals surface area contributed by atoms with Crippen molar-refractivity contribution in [1.82, 2.24) is 0 Å². The maximum Gasteiger partial charge on any atom is -0.0152 e. The topological polar surface area (TPSA) is 0 Å². The van der Waals surface area contributed by atoms with Crippen molar-refractivity contribution < 1.29 is 0 Å². The summed E-state index contributed by atoms with van der Waals surface area (Å²) < 4.78 is 0. The Balaban J connectivity index is 1.34. The SMILES string of the molecule is CCCCCCCCCCCCCC/C=C/CCCCCCc1cccc2ccccc12. The summed E-state index contributed by atoms with van der Waals surface area (Å²) in [6.45, 7) is 2.30. The first-order chi connectivity index (χ1) is 15.9. The van der Waals surface area contributed by atoms with Gasteiger partial charge in [-0.15, -0.1) is 0 Å². The average molecular weight is 435 g/mol. The molecule has 0 heterocycles. The van der Waals surface area contributed by atoms with Crippen LogP contribution in [-0.4, -0.2) is 0 Å². The minimum Gasteiger partial charge on any atom is -0.0885 e. The molecule has 0 aliphatic rings. The molecule has 0 bridgehead atoms. The molecule has 0 atom stereocenters. The van der Waals surface area contributed by atoms with Crippen molar-refractivity contribution in [3.63, 3.8) is 0 Å². The first-order valence-corrected chi connectivity index (χ1v) is 14.0. The Morgan fingerprint density at radius 2 is 1.00 bits per heavy atom. The van der Waals surface area contributed by atoms with Gasteiger partial charge in [-0.2, -0.15) is 0 Å². The molecule has 0 nitrogen and oxygen atoms in total. The Kier molecular flexibility index (Phi) is 15.8. The van der Waals surface area contributed by atoms with E-state index in [2.05, 4.69) is 61.5 Å². The van der Waals surface area contributed by atoms with Crippen LogP contribution in [0.3, 0.4) is 0 Å². The van der Waals surface area contributed by atoms with E-state index in [4.69, 9.17) is 0 Å². The van der Waals surface area contributed by atoms with Crippen LogP contribution in [0.1, 0.15) is 128 Å². The van der Waals surface area contributed by atoms with E-state index >= 15 is 0 Å². The fraction of sp³-hybridized carbons (Fsp3) is 0.625. The van der Waals surface area contributed by atoms with Gasteiger partial charge < -0.3 is 0 Å². The fourth-order valence-corrected chi connectivity index (χ4v) is 4.78. The molecule has 0 heteroatoms. The lowest BCUT2D eigenvalue weighted by Gasteiger charge is -2.06. The van der Waals surface area contributed by atoms with Gasteiger partial charge in [0.25, 0.3) is 0 Å². The molecule has 0 N–H and O–H groups in total. The number of hydrogen-bond donors (Lipinski definition) is 0. The minimum atomic E-state index is 1.22. The summed E-state index contributed by atoms with van der Waals surface area (Å²) in [7, 11) is 0. The van der Waals surface area contributed by atoms with E-state index in [9.17, 15) is 0 Å². The lowest BCUT2D eigenvalue weighted by atomic mass is 9.99. The summed E-state index contributed by atoms with van der Waals surface area (Å²) >= 11 is 0. The number of allylic oxidation sites excluding steroid dienone is 2. The Morgan fingerprint density at radius 3 is 1.62 bits per heavy atom. The maximum absolute atomic E-state index is 2.44. The van der Waals surface area contributed by atoms with Crippen molar-refractivity contribution >= 4 is 10.8 Å². The molecule has 178 valence electrons. The predicted molar refractivity (Wildman–Crippen MR) is 146 cm³/mol. The summed E-state index contributed by atoms with van der Waals surface area (Å²) in [5.41, 5.74) is 1.52. The molecule has 32 heavy (non-hydrogen) atoms. The predicted octanol–water partition coefficient (Wildman–Crippen LogP) is 11.0. The third-order valence-corrected chi connectivity index (χ3v) is 6.84. The monoisotopic (exact) mass is 434 g/mol. The highest BCUT2D eigenvalue weighted by Crippen LogP contribution is 2.20. The van der Waals surface area contributed by atoms with E-state index < -0.39 is 0 Å². The van der Waals surface area contributed by atoms with Crippen LogP contribution in [0.2, 0.25) is 0 Å². The molecule has 0 saturated carbocycles. The maximum atomic E-state index is 2.44. The zero-order chi connectivity index (χ0) is 22.5. The standard InChI is InChI=1S/C32H50/c1-2-3-4-5-6-7-8-9-10-11-12-13-14-15-16-17-18-19-20-21-25-30-27-24-28-31-26-22-23-29-32(30)31/h15-16,22-24,26-29H,2-14,17-21,25H2,1H3/b16-15+. The van der Waals surface area contributed by atoms with E-state index in [-0.39, 0.29) is 0 Å². The summed E-state index contributed by atoms with van der Waals surface area (Å²) in [6.07, 6.45) is 31.3. The van der Waals surface area contributed by atoms with Gasteiger partial charge in [-0.1, -0.05) is 145 Å². The van der Waals surface area contributed by atoms with Crippen LogP contribution < -0.4 is 0 Å². The minimum absolute atomic E-state index is 1.22. The summed E-state index contributed by atoms with van der Waals surface area (Å²) in [4.78, 5) is 0. The van der Waals surface area contributed by atoms with Gasteiger partial charge in [-0.3, -0.25) is 0 Å². The number of aryl methyl sites for hydroxylation is 1. The van der Waals surface area contributed by atoms with Crippen LogP contribution in [0.5, 0.6) is 0 Å². The molecule has 0 fully saturated rings. The van der Waals surface area contributed by atoms with Crippen molar-refractivity contribution in [1.29, 1.82) is 0 Å². The van der Waals surface area contributed by atoms with Crippen molar-refractivity contribution in [3.8, 4) is 0 Å². The van der Waals surface area contributed by atoms with Crippen LogP contribution in [0.25, 0.3) is 10.8 Å². The molecule has 0 spiro atoms. The molecule has 0 aromatic heterocycles. The van der Waals surface area contributed by atoms with Crippen molar-refractivity contribution in [2.45, 2.75) is 129 Å². The van der Waals surface area contributed by atoms with Crippen LogP contribution >= 0.6 is 0 Å². The van der Waals surface area contributed by atoms with Gasteiger partial charge in [0.1, 0.15) is 0 Å². The third-order valence-electron chi connectivity index (χ3n) is 6.84. The number of fused-ring (bicyclic) bond motifs is 1. The largest absolute Gasteiger partial charge is 0.0885 e. The molecule has 0 amide bonds. The molecule has 2 aromatic rings. The van der Waals surface area contributed by atoms with Gasteiger partial charge in [-0.05, 0) is 54.9 Å². The first kappa shape index (κ1) is 26.7. The Morgan fingerprint density at radius 1 is 0.500 bits per heavy atom. The second-order valence-electron chi connectivity index (χ2n) is 9.74. The molecule has 0 radical (unpaired) electrons. The second kappa shape index (κ2) is 19.0. The van der Waals surface area contributed by atoms with Gasteiger partial charge in [0.05, 0.1) is 0 Å². The zero-order valence-corrected chi connectivity index (χ0v) is 21.1. The van der Waals surface area contributed by atoms with Crippen LogP contribution in [0.4, 0.5) is 0 Å². The van der Waals surface area contributed by atoms with Gasteiger partial charge >= 0.3 is 0 Å². The molecule has 2 aromatic carbocycles. The van der Waals surface area contributed by atoms with E-state index in [1.165, 1.54) is 138 Å². The van der Waals surface area contributed by atoms with Crippen LogP contribution in [0, 0.1) is 0 Å². The van der Waals surface area contributed by atoms with Crippen molar-refractivity contribution in [2.24, 2.45) is 0 Å². The van der Waals surface area contributed by atoms with E-state index in [1.54, 1.807) is 0 Å². The number of rotatable bonds is 20. The number of unbranched alkanes of at least 4 members (excludes halogenated alkanes) is 16. The molecule has 0 saturated heterocycles. The van der Waals surface area contributed by atoms with Gasteiger partial charge in [0.2, 0.25) is 0 Å². The molecule has 2 rings (SSSR count). The first-order valence-electron chi connectivity index (χ1n) is 14.0. The summed E-state index contributed by atoms with van der Waals surface area (Å²) in [5, 5.41) is 2.82. The third kappa shape index (κ3) is 12.5. The summed E-state index contributed by atoms with van der Waals surface area (Å²) in [5.74, 6) is 0. The smallest absolute Gasteiger partial charge is 0.0152 e. The number of benzene rings is 2. The average Bonchev–Trinajstić information content (AvgIpc) is 2.83. The van der Waals surface area contributed by atoms with E-state index in [0.717, 1.165) is 0 Å². The van der Waals surface area contributed by atoms with Crippen molar-refractivity contribution in [2.75, 3.05) is 0 Å². The highest BCUT2D eigenvalue weighted by atomic mass is 14.0. The van der Waals surface area contributed by atoms with E-state index in [1.807, 2.05) is 0 Å². The van der Waals surface area contributed by atoms with Crippen LogP contribution in [0.15, 0.2) is 54.6 Å². The lowest BCUT2D eigenvalue weighted by molar-refractivity contribution is 0.545. The van der Waals surface area contributed by atoms with E-state index in [0.29, 0.717) is 0 Å². The molecule has 0 unspecified atom stereocenters. The Hall–Kier alpha value is -1.56. The highest BCUT2D eigenvalue weighted by molar-refractivity contribution is 5.85. The Labute approximate surface area is 199 Å². The van der Waals surface area contributed by atoms with Crippen LogP contribution in [-0.2, 0) is 6.42 Å². The van der Waals surface area contributed by atoms with Gasteiger partial charge in [0, 0.05) is 0 Å². The summed E-state index contributed by atoms with van der Waals surface area (Å²) in [6, 6.07) is 15.5. The molecular formula is C32H50. The van der Waals surface area contributed by atoms with Gasteiger partial charge in [-0.25, -0.2) is 0 Å². The fourth-order valence-electron chi connectivity index (χ4n) is 4.78. The highest BCUT2D eigenvalue weighted by Gasteiger charge is 2.00. The Bertz CT molecular complexity index is 706. The molecular weight excluding hydrogens is 384 g/mol. The number of hydrogen-bond acceptors (Lipinski definition) is 0. The molecule has 0 aliphatic carbocycles. The molecule has 0 aliphatic heterocycles. The quantitative estimate of drug-likeness (QED) is 0.143. The van der Waals surface area contributed by atoms with Gasteiger partial charge in [0.15, 0.2) is 0 Å².